The van der Waals surface area contributed by atoms with Gasteiger partial charge in [-0.2, -0.15) is 0 Å². The van der Waals surface area contributed by atoms with Crippen LogP contribution in [0.5, 0.6) is 5.75 Å². The second-order valence-corrected chi connectivity index (χ2v) is 5.38. The Balaban J connectivity index is 1.62. The Morgan fingerprint density at radius 3 is 3.00 bits per heavy atom. The summed E-state index contributed by atoms with van der Waals surface area (Å²) >= 11 is 0. The number of ether oxygens (including phenoxy) is 2. The fourth-order valence-corrected chi connectivity index (χ4v) is 2.63. The molecule has 4 heteroatoms. The molecule has 1 atom stereocenters. The number of aliphatic hydroxyl groups is 1. The summed E-state index contributed by atoms with van der Waals surface area (Å²) in [6, 6.07) is 5.92. The summed E-state index contributed by atoms with van der Waals surface area (Å²) in [6.07, 6.45) is 4.65. The Hall–Kier alpha value is -1.55. The minimum Gasteiger partial charge on any atom is -0.494 e. The molecule has 1 aromatic carbocycles. The van der Waals surface area contributed by atoms with Gasteiger partial charge in [0.15, 0.2) is 0 Å². The summed E-state index contributed by atoms with van der Waals surface area (Å²) < 4.78 is 10.6. The van der Waals surface area contributed by atoms with E-state index in [1.165, 1.54) is 5.56 Å². The molecule has 116 valence electrons. The topological polar surface area (TPSA) is 55.8 Å². The Morgan fingerprint density at radius 1 is 1.33 bits per heavy atom. The highest BCUT2D eigenvalue weighted by Gasteiger charge is 2.20. The number of fused-ring (bicyclic) bond motifs is 1. The average Bonchev–Trinajstić information content (AvgIpc) is 2.84. The van der Waals surface area contributed by atoms with Crippen molar-refractivity contribution in [1.82, 2.24) is 0 Å². The van der Waals surface area contributed by atoms with Crippen LogP contribution in [-0.2, 0) is 16.0 Å². The van der Waals surface area contributed by atoms with Gasteiger partial charge in [0.2, 0.25) is 0 Å². The standard InChI is InChI=1S/C17H24O4/c1-2-20-17(19)6-4-3-5-11-21-14-8-9-15-13(12-14)7-10-16(15)18/h8-9,12,16,18H,2-7,10-11H2,1H3/t16-/m1/s1. The minimum atomic E-state index is -0.308. The van der Waals surface area contributed by atoms with Crippen LogP contribution in [-0.4, -0.2) is 24.3 Å². The summed E-state index contributed by atoms with van der Waals surface area (Å²) in [7, 11) is 0. The molecule has 1 aliphatic carbocycles. The number of unbranched alkanes of at least 4 members (excludes halogenated alkanes) is 2. The monoisotopic (exact) mass is 292 g/mol. The van der Waals surface area contributed by atoms with Crippen LogP contribution in [0.15, 0.2) is 18.2 Å². The zero-order chi connectivity index (χ0) is 15.1. The fourth-order valence-electron chi connectivity index (χ4n) is 2.63. The normalized spacial score (nSPS) is 16.6. The highest BCUT2D eigenvalue weighted by atomic mass is 16.5. The molecular formula is C17H24O4. The molecule has 0 aliphatic heterocycles. The molecule has 0 amide bonds. The number of hydrogen-bond donors (Lipinski definition) is 1. The Morgan fingerprint density at radius 2 is 2.19 bits per heavy atom. The van der Waals surface area contributed by atoms with Crippen molar-refractivity contribution in [2.45, 2.75) is 51.6 Å². The van der Waals surface area contributed by atoms with E-state index in [4.69, 9.17) is 9.47 Å². The van der Waals surface area contributed by atoms with Crippen LogP contribution in [0.3, 0.4) is 0 Å². The second-order valence-electron chi connectivity index (χ2n) is 5.38. The highest BCUT2D eigenvalue weighted by Crippen LogP contribution is 2.33. The summed E-state index contributed by atoms with van der Waals surface area (Å²) in [5.41, 5.74) is 2.24. The smallest absolute Gasteiger partial charge is 0.305 e. The van der Waals surface area contributed by atoms with Crippen molar-refractivity contribution in [3.63, 3.8) is 0 Å². The van der Waals surface area contributed by atoms with E-state index in [0.717, 1.165) is 43.4 Å². The lowest BCUT2D eigenvalue weighted by Gasteiger charge is -2.09. The van der Waals surface area contributed by atoms with E-state index < -0.39 is 0 Å². The van der Waals surface area contributed by atoms with E-state index in [1.807, 2.05) is 25.1 Å². The van der Waals surface area contributed by atoms with Crippen molar-refractivity contribution in [2.24, 2.45) is 0 Å². The maximum absolute atomic E-state index is 11.2. The molecule has 2 rings (SSSR count). The van der Waals surface area contributed by atoms with E-state index >= 15 is 0 Å². The third-order valence-corrected chi connectivity index (χ3v) is 3.76. The lowest BCUT2D eigenvalue weighted by atomic mass is 10.1. The third kappa shape index (κ3) is 4.74. The van der Waals surface area contributed by atoms with Crippen molar-refractivity contribution in [3.05, 3.63) is 29.3 Å². The summed E-state index contributed by atoms with van der Waals surface area (Å²) in [4.78, 5) is 11.2. The molecule has 4 nitrogen and oxygen atoms in total. The lowest BCUT2D eigenvalue weighted by Crippen LogP contribution is -2.04. The molecule has 0 radical (unpaired) electrons. The van der Waals surface area contributed by atoms with Crippen LogP contribution in [0.25, 0.3) is 0 Å². The number of aliphatic hydroxyl groups excluding tert-OH is 1. The van der Waals surface area contributed by atoms with Gasteiger partial charge in [-0.3, -0.25) is 4.79 Å². The number of esters is 1. The van der Waals surface area contributed by atoms with Crippen molar-refractivity contribution in [3.8, 4) is 5.75 Å². The van der Waals surface area contributed by atoms with E-state index in [-0.39, 0.29) is 12.1 Å². The predicted molar refractivity (Wildman–Crippen MR) is 80.3 cm³/mol. The molecule has 0 saturated heterocycles. The van der Waals surface area contributed by atoms with Crippen LogP contribution in [0.1, 0.15) is 56.3 Å². The van der Waals surface area contributed by atoms with E-state index in [9.17, 15) is 9.90 Å². The molecule has 1 aromatic rings. The first-order valence-corrected chi connectivity index (χ1v) is 7.80. The van der Waals surface area contributed by atoms with E-state index in [1.54, 1.807) is 0 Å². The van der Waals surface area contributed by atoms with Gasteiger partial charge in [-0.15, -0.1) is 0 Å². The van der Waals surface area contributed by atoms with Crippen LogP contribution in [0, 0.1) is 0 Å². The lowest BCUT2D eigenvalue weighted by molar-refractivity contribution is -0.143. The van der Waals surface area contributed by atoms with Crippen molar-refractivity contribution < 1.29 is 19.4 Å². The zero-order valence-electron chi connectivity index (χ0n) is 12.6. The molecule has 0 heterocycles. The third-order valence-electron chi connectivity index (χ3n) is 3.76. The second kappa shape index (κ2) is 8.03. The Labute approximate surface area is 126 Å². The van der Waals surface area contributed by atoms with E-state index in [0.29, 0.717) is 19.6 Å². The van der Waals surface area contributed by atoms with Gasteiger partial charge in [-0.05, 0) is 62.3 Å². The van der Waals surface area contributed by atoms with Crippen molar-refractivity contribution in [1.29, 1.82) is 0 Å². The number of rotatable bonds is 8. The molecule has 0 aromatic heterocycles. The summed E-state index contributed by atoms with van der Waals surface area (Å²) in [5, 5.41) is 9.75. The molecular weight excluding hydrogens is 268 g/mol. The minimum absolute atomic E-state index is 0.115. The maximum atomic E-state index is 11.2. The summed E-state index contributed by atoms with van der Waals surface area (Å²) in [5.74, 6) is 0.754. The van der Waals surface area contributed by atoms with Crippen LogP contribution in [0.2, 0.25) is 0 Å². The SMILES string of the molecule is CCOC(=O)CCCCCOc1ccc2c(c1)CC[C@H]2O. The van der Waals surface area contributed by atoms with Gasteiger partial charge >= 0.3 is 5.97 Å². The molecule has 21 heavy (non-hydrogen) atoms. The van der Waals surface area contributed by atoms with E-state index in [2.05, 4.69) is 0 Å². The number of carbonyl (C=O) groups excluding carboxylic acids is 1. The number of hydrogen-bond acceptors (Lipinski definition) is 4. The molecule has 1 N–H and O–H groups in total. The number of aryl methyl sites for hydroxylation is 1. The Kier molecular flexibility index (Phi) is 6.05. The Bertz CT molecular complexity index is 470. The van der Waals surface area contributed by atoms with Gasteiger partial charge in [0, 0.05) is 6.42 Å². The quantitative estimate of drug-likeness (QED) is 0.590. The van der Waals surface area contributed by atoms with Crippen molar-refractivity contribution in [2.75, 3.05) is 13.2 Å². The maximum Gasteiger partial charge on any atom is 0.305 e. The van der Waals surface area contributed by atoms with Crippen molar-refractivity contribution >= 4 is 5.97 Å². The summed E-state index contributed by atoms with van der Waals surface area (Å²) in [6.45, 7) is 2.93. The first-order valence-electron chi connectivity index (χ1n) is 7.80. The van der Waals surface area contributed by atoms with Crippen LogP contribution >= 0.6 is 0 Å². The van der Waals surface area contributed by atoms with Gasteiger partial charge in [0.25, 0.3) is 0 Å². The van der Waals surface area contributed by atoms with Gasteiger partial charge in [-0.25, -0.2) is 0 Å². The van der Waals surface area contributed by atoms with Gasteiger partial charge < -0.3 is 14.6 Å². The predicted octanol–water partition coefficient (Wildman–Crippen LogP) is 3.17. The molecule has 0 bridgehead atoms. The number of carbonyl (C=O) groups is 1. The molecule has 0 spiro atoms. The first kappa shape index (κ1) is 15.8. The van der Waals surface area contributed by atoms with Gasteiger partial charge in [0.1, 0.15) is 5.75 Å². The average molecular weight is 292 g/mol. The van der Waals surface area contributed by atoms with Gasteiger partial charge in [-0.1, -0.05) is 6.07 Å². The number of benzene rings is 1. The zero-order valence-corrected chi connectivity index (χ0v) is 12.6. The van der Waals surface area contributed by atoms with Crippen LogP contribution in [0.4, 0.5) is 0 Å². The molecule has 0 fully saturated rings. The molecule has 1 aliphatic rings. The first-order chi connectivity index (χ1) is 10.2. The van der Waals surface area contributed by atoms with Gasteiger partial charge in [0.05, 0.1) is 19.3 Å². The largest absolute Gasteiger partial charge is 0.494 e. The molecule has 0 saturated carbocycles. The molecule has 0 unspecified atom stereocenters. The van der Waals surface area contributed by atoms with Crippen LogP contribution < -0.4 is 4.74 Å². The highest BCUT2D eigenvalue weighted by molar-refractivity contribution is 5.69. The fraction of sp³-hybridized carbons (Fsp3) is 0.588.